The van der Waals surface area contributed by atoms with E-state index in [-0.39, 0.29) is 11.7 Å². The summed E-state index contributed by atoms with van der Waals surface area (Å²) in [6.45, 7) is 5.83. The summed E-state index contributed by atoms with van der Waals surface area (Å²) in [6, 6.07) is 2.55. The van der Waals surface area contributed by atoms with Crippen LogP contribution in [0.4, 0.5) is 0 Å². The molecule has 126 valence electrons. The van der Waals surface area contributed by atoms with Gasteiger partial charge in [0.2, 0.25) is 11.1 Å². The van der Waals surface area contributed by atoms with Gasteiger partial charge in [-0.25, -0.2) is 4.68 Å². The van der Waals surface area contributed by atoms with Crippen LogP contribution in [-0.4, -0.2) is 37.4 Å². The molecule has 1 aliphatic carbocycles. The first-order chi connectivity index (χ1) is 10.9. The topological polar surface area (TPSA) is 96.5 Å². The molecule has 1 amide bonds. The normalized spacial score (nSPS) is 17.9. The molecule has 7 nitrogen and oxygen atoms in total. The van der Waals surface area contributed by atoms with Crippen LogP contribution >= 0.6 is 11.8 Å². The summed E-state index contributed by atoms with van der Waals surface area (Å²) >= 11 is 1.32. The highest BCUT2D eigenvalue weighted by atomic mass is 32.2. The first kappa shape index (κ1) is 17.7. The van der Waals surface area contributed by atoms with E-state index < -0.39 is 5.54 Å². The van der Waals surface area contributed by atoms with Crippen LogP contribution in [-0.2, 0) is 4.79 Å². The third-order valence-corrected chi connectivity index (χ3v) is 4.88. The standard InChI is InChI=1S/C15H24N6OS/c1-11(2)8-15(3,10-16)17-13(22)9-23-14-18-19-20-21(14)12-6-4-5-7-12/h11-12H,4-9H2,1-3H3,(H,17,22). The number of hydrogen-bond acceptors (Lipinski definition) is 6. The Morgan fingerprint density at radius 3 is 2.83 bits per heavy atom. The highest BCUT2D eigenvalue weighted by Crippen LogP contribution is 2.31. The van der Waals surface area contributed by atoms with E-state index in [1.54, 1.807) is 6.92 Å². The summed E-state index contributed by atoms with van der Waals surface area (Å²) in [5.41, 5.74) is -0.830. The molecule has 1 atom stereocenters. The minimum atomic E-state index is -0.830. The molecule has 8 heteroatoms. The molecule has 0 spiro atoms. The zero-order chi connectivity index (χ0) is 16.9. The van der Waals surface area contributed by atoms with E-state index in [4.69, 9.17) is 0 Å². The van der Waals surface area contributed by atoms with E-state index in [9.17, 15) is 10.1 Å². The van der Waals surface area contributed by atoms with E-state index in [0.717, 1.165) is 12.8 Å². The van der Waals surface area contributed by atoms with Crippen molar-refractivity contribution in [1.29, 1.82) is 5.26 Å². The maximum absolute atomic E-state index is 12.2. The number of thioether (sulfide) groups is 1. The van der Waals surface area contributed by atoms with Gasteiger partial charge in [-0.3, -0.25) is 4.79 Å². The third-order valence-electron chi connectivity index (χ3n) is 3.94. The zero-order valence-electron chi connectivity index (χ0n) is 13.9. The lowest BCUT2D eigenvalue weighted by Gasteiger charge is -2.25. The summed E-state index contributed by atoms with van der Waals surface area (Å²) in [6.07, 6.45) is 5.20. The van der Waals surface area contributed by atoms with Crippen LogP contribution in [0.1, 0.15) is 58.9 Å². The summed E-state index contributed by atoms with van der Waals surface area (Å²) in [4.78, 5) is 12.2. The average molecular weight is 336 g/mol. The second-order valence-electron chi connectivity index (χ2n) is 6.72. The summed E-state index contributed by atoms with van der Waals surface area (Å²) < 4.78 is 1.84. The van der Waals surface area contributed by atoms with Gasteiger partial charge in [0.1, 0.15) is 5.54 Å². The molecule has 0 bridgehead atoms. The molecule has 1 heterocycles. The van der Waals surface area contributed by atoms with Crippen molar-refractivity contribution >= 4 is 17.7 Å². The summed E-state index contributed by atoms with van der Waals surface area (Å²) in [5.74, 6) is 0.380. The van der Waals surface area contributed by atoms with Crippen LogP contribution in [0.3, 0.4) is 0 Å². The molecular weight excluding hydrogens is 312 g/mol. The van der Waals surface area contributed by atoms with Gasteiger partial charge in [-0.1, -0.05) is 38.5 Å². The number of carbonyl (C=O) groups is 1. The number of rotatable bonds is 7. The van der Waals surface area contributed by atoms with Crippen LogP contribution in [0.25, 0.3) is 0 Å². The van der Waals surface area contributed by atoms with Crippen LogP contribution in [0.2, 0.25) is 0 Å². The Balaban J connectivity index is 1.90. The molecule has 1 aromatic rings. The first-order valence-corrected chi connectivity index (χ1v) is 9.05. The number of nitrogens with zero attached hydrogens (tertiary/aromatic N) is 5. The quantitative estimate of drug-likeness (QED) is 0.768. The zero-order valence-corrected chi connectivity index (χ0v) is 14.8. The number of carbonyl (C=O) groups excluding carboxylic acids is 1. The maximum Gasteiger partial charge on any atom is 0.231 e. The Morgan fingerprint density at radius 1 is 1.52 bits per heavy atom. The predicted molar refractivity (Wildman–Crippen MR) is 87.7 cm³/mol. The third kappa shape index (κ3) is 4.93. The second kappa shape index (κ2) is 7.77. The molecule has 23 heavy (non-hydrogen) atoms. The lowest BCUT2D eigenvalue weighted by molar-refractivity contribution is -0.119. The van der Waals surface area contributed by atoms with Crippen molar-refractivity contribution in [2.24, 2.45) is 5.92 Å². The molecule has 1 fully saturated rings. The van der Waals surface area contributed by atoms with Gasteiger partial charge in [-0.05, 0) is 42.5 Å². The van der Waals surface area contributed by atoms with Gasteiger partial charge < -0.3 is 5.32 Å². The van der Waals surface area contributed by atoms with Crippen molar-refractivity contribution < 1.29 is 4.79 Å². The fourth-order valence-electron chi connectivity index (χ4n) is 3.07. The average Bonchev–Trinajstić information content (AvgIpc) is 3.14. The van der Waals surface area contributed by atoms with Crippen molar-refractivity contribution in [1.82, 2.24) is 25.5 Å². The monoisotopic (exact) mass is 336 g/mol. The Kier molecular flexibility index (Phi) is 5.99. The van der Waals surface area contributed by atoms with Crippen molar-refractivity contribution in [3.05, 3.63) is 0 Å². The SMILES string of the molecule is CC(C)CC(C)(C#N)NC(=O)CSc1nnnn1C1CCCC1. The largest absolute Gasteiger partial charge is 0.337 e. The maximum atomic E-state index is 12.2. The van der Waals surface area contributed by atoms with Crippen molar-refractivity contribution in [2.45, 2.75) is 69.6 Å². The highest BCUT2D eigenvalue weighted by Gasteiger charge is 2.28. The van der Waals surface area contributed by atoms with E-state index >= 15 is 0 Å². The van der Waals surface area contributed by atoms with E-state index in [2.05, 4.69) is 26.9 Å². The van der Waals surface area contributed by atoms with Crippen LogP contribution in [0, 0.1) is 17.2 Å². The fraction of sp³-hybridized carbons (Fsp3) is 0.800. The second-order valence-corrected chi connectivity index (χ2v) is 7.67. The molecule has 0 aromatic carbocycles. The van der Waals surface area contributed by atoms with Gasteiger partial charge in [0.15, 0.2) is 0 Å². The Hall–Kier alpha value is -1.62. The molecule has 1 saturated carbocycles. The van der Waals surface area contributed by atoms with E-state index in [1.807, 2.05) is 18.5 Å². The van der Waals surface area contributed by atoms with E-state index in [1.165, 1.54) is 24.6 Å². The molecule has 0 saturated heterocycles. The van der Waals surface area contributed by atoms with Gasteiger partial charge in [-0.2, -0.15) is 5.26 Å². The smallest absolute Gasteiger partial charge is 0.231 e. The van der Waals surface area contributed by atoms with E-state index in [0.29, 0.717) is 23.5 Å². The molecule has 0 aliphatic heterocycles. The van der Waals surface area contributed by atoms with Gasteiger partial charge in [0.05, 0.1) is 17.9 Å². The summed E-state index contributed by atoms with van der Waals surface area (Å²) in [5, 5.41) is 24.6. The predicted octanol–water partition coefficient (Wildman–Crippen LogP) is 2.32. The van der Waals surface area contributed by atoms with Crippen molar-refractivity contribution in [3.8, 4) is 6.07 Å². The molecule has 2 rings (SSSR count). The van der Waals surface area contributed by atoms with Gasteiger partial charge in [0.25, 0.3) is 0 Å². The first-order valence-electron chi connectivity index (χ1n) is 8.06. The van der Waals surface area contributed by atoms with Crippen LogP contribution in [0.15, 0.2) is 5.16 Å². The fourth-order valence-corrected chi connectivity index (χ4v) is 3.82. The highest BCUT2D eigenvalue weighted by molar-refractivity contribution is 7.99. The molecular formula is C15H24N6OS. The number of hydrogen-bond donors (Lipinski definition) is 1. The van der Waals surface area contributed by atoms with Crippen LogP contribution in [0.5, 0.6) is 0 Å². The lowest BCUT2D eigenvalue weighted by atomic mass is 9.92. The Morgan fingerprint density at radius 2 is 2.22 bits per heavy atom. The number of nitrogens with one attached hydrogen (secondary N) is 1. The number of aromatic nitrogens is 4. The summed E-state index contributed by atoms with van der Waals surface area (Å²) in [7, 11) is 0. The molecule has 1 aliphatic rings. The minimum absolute atomic E-state index is 0.166. The lowest BCUT2D eigenvalue weighted by Crippen LogP contribution is -2.46. The molecule has 0 radical (unpaired) electrons. The number of tetrazole rings is 1. The number of amides is 1. The number of nitriles is 1. The van der Waals surface area contributed by atoms with Gasteiger partial charge >= 0.3 is 0 Å². The Bertz CT molecular complexity index is 575. The molecule has 1 aromatic heterocycles. The van der Waals surface area contributed by atoms with Crippen molar-refractivity contribution in [3.63, 3.8) is 0 Å². The van der Waals surface area contributed by atoms with Crippen molar-refractivity contribution in [2.75, 3.05) is 5.75 Å². The van der Waals surface area contributed by atoms with Gasteiger partial charge in [0, 0.05) is 0 Å². The minimum Gasteiger partial charge on any atom is -0.337 e. The van der Waals surface area contributed by atoms with Gasteiger partial charge in [-0.15, -0.1) is 5.10 Å². The molecule has 1 unspecified atom stereocenters. The van der Waals surface area contributed by atoms with Crippen LogP contribution < -0.4 is 5.32 Å². The Labute approximate surface area is 141 Å². The molecule has 1 N–H and O–H groups in total.